The third kappa shape index (κ3) is 6.31. The van der Waals surface area contributed by atoms with Crippen LogP contribution in [0.1, 0.15) is 49.8 Å². The second-order valence-corrected chi connectivity index (χ2v) is 8.96. The molecule has 1 heterocycles. The summed E-state index contributed by atoms with van der Waals surface area (Å²) < 4.78 is 0. The van der Waals surface area contributed by atoms with Crippen molar-refractivity contribution in [3.8, 4) is 0 Å². The Bertz CT molecular complexity index is 1000. The number of piperidine rings is 1. The highest BCUT2D eigenvalue weighted by Crippen LogP contribution is 2.30. The predicted molar refractivity (Wildman–Crippen MR) is 129 cm³/mol. The minimum Gasteiger partial charge on any atom is -0.349 e. The summed E-state index contributed by atoms with van der Waals surface area (Å²) in [6.07, 6.45) is 6.71. The second-order valence-electron chi connectivity index (χ2n) is 8.96. The number of carbonyl (C=O) groups is 3. The van der Waals surface area contributed by atoms with Crippen LogP contribution in [-0.4, -0.2) is 35.7 Å². The maximum absolute atomic E-state index is 12.8. The Morgan fingerprint density at radius 3 is 2.15 bits per heavy atom. The first-order chi connectivity index (χ1) is 16.0. The molecule has 6 nitrogen and oxygen atoms in total. The number of rotatable bonds is 7. The van der Waals surface area contributed by atoms with Crippen molar-refractivity contribution >= 4 is 29.5 Å². The highest BCUT2D eigenvalue weighted by atomic mass is 16.2. The first-order valence-electron chi connectivity index (χ1n) is 11.7. The van der Waals surface area contributed by atoms with E-state index in [0.717, 1.165) is 29.7 Å². The van der Waals surface area contributed by atoms with Crippen molar-refractivity contribution in [3.63, 3.8) is 0 Å². The van der Waals surface area contributed by atoms with E-state index in [-0.39, 0.29) is 35.6 Å². The Hall–Kier alpha value is -3.41. The molecule has 1 aliphatic carbocycles. The van der Waals surface area contributed by atoms with Gasteiger partial charge in [-0.3, -0.25) is 14.4 Å². The van der Waals surface area contributed by atoms with Crippen LogP contribution >= 0.6 is 0 Å². The Balaban J connectivity index is 1.22. The van der Waals surface area contributed by atoms with E-state index in [2.05, 4.69) is 10.6 Å². The lowest BCUT2D eigenvalue weighted by atomic mass is 9.95. The van der Waals surface area contributed by atoms with Crippen LogP contribution in [0.4, 0.5) is 5.69 Å². The Kier molecular flexibility index (Phi) is 7.23. The van der Waals surface area contributed by atoms with E-state index in [9.17, 15) is 14.4 Å². The lowest BCUT2D eigenvalue weighted by Gasteiger charge is -2.31. The van der Waals surface area contributed by atoms with Gasteiger partial charge in [-0.25, -0.2) is 0 Å². The largest absolute Gasteiger partial charge is 0.349 e. The molecule has 0 spiro atoms. The molecule has 2 aromatic carbocycles. The first-order valence-corrected chi connectivity index (χ1v) is 11.7. The lowest BCUT2D eigenvalue weighted by Crippen LogP contribution is -2.43. The smallest absolute Gasteiger partial charge is 0.246 e. The van der Waals surface area contributed by atoms with Gasteiger partial charge < -0.3 is 15.5 Å². The monoisotopic (exact) mass is 445 g/mol. The molecule has 6 heteroatoms. The maximum atomic E-state index is 12.8. The van der Waals surface area contributed by atoms with Crippen molar-refractivity contribution in [2.75, 3.05) is 18.4 Å². The zero-order valence-electron chi connectivity index (χ0n) is 19.0. The third-order valence-corrected chi connectivity index (χ3v) is 6.38. The van der Waals surface area contributed by atoms with Gasteiger partial charge in [0, 0.05) is 36.7 Å². The number of nitrogens with zero attached hydrogens (tertiary/aromatic N) is 1. The number of benzene rings is 2. The van der Waals surface area contributed by atoms with Crippen LogP contribution in [-0.2, 0) is 14.4 Å². The van der Waals surface area contributed by atoms with Gasteiger partial charge in [0.2, 0.25) is 17.7 Å². The summed E-state index contributed by atoms with van der Waals surface area (Å²) in [6, 6.07) is 17.3. The second kappa shape index (κ2) is 10.5. The van der Waals surface area contributed by atoms with Gasteiger partial charge in [-0.2, -0.15) is 0 Å². The van der Waals surface area contributed by atoms with Gasteiger partial charge in [0.15, 0.2) is 0 Å². The van der Waals surface area contributed by atoms with Crippen molar-refractivity contribution in [2.45, 2.75) is 38.6 Å². The third-order valence-electron chi connectivity index (χ3n) is 6.38. The van der Waals surface area contributed by atoms with Crippen LogP contribution in [0.2, 0.25) is 0 Å². The van der Waals surface area contributed by atoms with E-state index in [0.29, 0.717) is 25.9 Å². The van der Waals surface area contributed by atoms with E-state index >= 15 is 0 Å². The average Bonchev–Trinajstić information content (AvgIpc) is 3.69. The minimum absolute atomic E-state index is 0.0139. The quantitative estimate of drug-likeness (QED) is 0.628. The number of carbonyl (C=O) groups excluding carboxylic acids is 3. The summed E-state index contributed by atoms with van der Waals surface area (Å²) in [5, 5.41) is 6.03. The molecule has 2 fully saturated rings. The molecule has 33 heavy (non-hydrogen) atoms. The van der Waals surface area contributed by atoms with Crippen LogP contribution in [0, 0.1) is 11.8 Å². The molecule has 1 saturated carbocycles. The SMILES string of the molecule is CC(NC(=O)C1CCN(C(=O)/C=C/c2ccccc2)CC1)c1ccc(NC(=O)C2CC2)cc1. The van der Waals surface area contributed by atoms with Crippen LogP contribution in [0.5, 0.6) is 0 Å². The van der Waals surface area contributed by atoms with E-state index in [1.807, 2.05) is 67.6 Å². The topological polar surface area (TPSA) is 78.5 Å². The maximum Gasteiger partial charge on any atom is 0.246 e. The van der Waals surface area contributed by atoms with Crippen LogP contribution in [0.3, 0.4) is 0 Å². The Morgan fingerprint density at radius 1 is 0.879 bits per heavy atom. The van der Waals surface area contributed by atoms with E-state index < -0.39 is 0 Å². The van der Waals surface area contributed by atoms with Crippen LogP contribution in [0.25, 0.3) is 6.08 Å². The molecule has 172 valence electrons. The van der Waals surface area contributed by atoms with E-state index in [4.69, 9.17) is 0 Å². The molecule has 2 N–H and O–H groups in total. The molecule has 0 radical (unpaired) electrons. The molecule has 2 aromatic rings. The molecule has 1 atom stereocenters. The van der Waals surface area contributed by atoms with Crippen LogP contribution < -0.4 is 10.6 Å². The van der Waals surface area contributed by atoms with Gasteiger partial charge in [-0.15, -0.1) is 0 Å². The van der Waals surface area contributed by atoms with Crippen molar-refractivity contribution < 1.29 is 14.4 Å². The zero-order chi connectivity index (χ0) is 23.2. The van der Waals surface area contributed by atoms with Crippen LogP contribution in [0.15, 0.2) is 60.7 Å². The minimum atomic E-state index is -0.126. The highest BCUT2D eigenvalue weighted by molar-refractivity contribution is 5.94. The van der Waals surface area contributed by atoms with Gasteiger partial charge in [-0.1, -0.05) is 42.5 Å². The van der Waals surface area contributed by atoms with Gasteiger partial charge in [0.1, 0.15) is 0 Å². The van der Waals surface area contributed by atoms with Gasteiger partial charge in [-0.05, 0) is 61.9 Å². The van der Waals surface area contributed by atoms with Gasteiger partial charge in [0.25, 0.3) is 0 Å². The fourth-order valence-electron chi connectivity index (χ4n) is 4.06. The van der Waals surface area contributed by atoms with Crippen molar-refractivity contribution in [1.29, 1.82) is 0 Å². The first kappa shape index (κ1) is 22.8. The van der Waals surface area contributed by atoms with Gasteiger partial charge >= 0.3 is 0 Å². The molecule has 1 saturated heterocycles. The number of likely N-dealkylation sites (tertiary alicyclic amines) is 1. The molecule has 1 aliphatic heterocycles. The number of nitrogens with one attached hydrogen (secondary N) is 2. The molecular weight excluding hydrogens is 414 g/mol. The molecule has 4 rings (SSSR count). The molecular formula is C27H31N3O3. The molecule has 0 bridgehead atoms. The zero-order valence-corrected chi connectivity index (χ0v) is 19.0. The molecule has 1 unspecified atom stereocenters. The molecule has 3 amide bonds. The fraction of sp³-hybridized carbons (Fsp3) is 0.370. The summed E-state index contributed by atoms with van der Waals surface area (Å²) in [4.78, 5) is 38.9. The highest BCUT2D eigenvalue weighted by Gasteiger charge is 2.30. The van der Waals surface area contributed by atoms with Gasteiger partial charge in [0.05, 0.1) is 6.04 Å². The fourth-order valence-corrected chi connectivity index (χ4v) is 4.06. The number of amides is 3. The standard InChI is InChI=1S/C27H31N3O3/c1-19(21-10-12-24(13-11-21)29-27(33)22-8-9-22)28-26(32)23-15-17-30(18-16-23)25(31)14-7-20-5-3-2-4-6-20/h2-7,10-14,19,22-23H,8-9,15-18H2,1H3,(H,28,32)(H,29,33)/b14-7+. The van der Waals surface area contributed by atoms with Crippen molar-refractivity contribution in [3.05, 3.63) is 71.8 Å². The summed E-state index contributed by atoms with van der Waals surface area (Å²) in [7, 11) is 0. The lowest BCUT2D eigenvalue weighted by molar-refractivity contribution is -0.132. The predicted octanol–water partition coefficient (Wildman–Crippen LogP) is 4.16. The summed E-state index contributed by atoms with van der Waals surface area (Å²) in [5.41, 5.74) is 2.77. The average molecular weight is 446 g/mol. The van der Waals surface area contributed by atoms with E-state index in [1.54, 1.807) is 11.0 Å². The number of hydrogen-bond acceptors (Lipinski definition) is 3. The Morgan fingerprint density at radius 2 is 1.52 bits per heavy atom. The normalized spacial score (nSPS) is 17.5. The Labute approximate surface area is 195 Å². The number of hydrogen-bond donors (Lipinski definition) is 2. The summed E-state index contributed by atoms with van der Waals surface area (Å²) in [5.74, 6) is 0.182. The summed E-state index contributed by atoms with van der Waals surface area (Å²) in [6.45, 7) is 3.13. The molecule has 0 aromatic heterocycles. The molecule has 2 aliphatic rings. The van der Waals surface area contributed by atoms with Crippen molar-refractivity contribution in [2.24, 2.45) is 11.8 Å². The number of anilines is 1. The van der Waals surface area contributed by atoms with E-state index in [1.165, 1.54) is 0 Å². The van der Waals surface area contributed by atoms with Crippen molar-refractivity contribution in [1.82, 2.24) is 10.2 Å². The summed E-state index contributed by atoms with van der Waals surface area (Å²) >= 11 is 0.